The molecule has 18 heavy (non-hydrogen) atoms. The molecule has 0 saturated carbocycles. The van der Waals surface area contributed by atoms with E-state index < -0.39 is 10.0 Å². The highest BCUT2D eigenvalue weighted by molar-refractivity contribution is 7.92. The first-order valence-electron chi connectivity index (χ1n) is 5.97. The number of methoxy groups -OCH3 is 1. The predicted molar refractivity (Wildman–Crippen MR) is 71.4 cm³/mol. The van der Waals surface area contributed by atoms with Gasteiger partial charge < -0.3 is 10.1 Å². The van der Waals surface area contributed by atoms with Gasteiger partial charge in [-0.2, -0.15) is 0 Å². The number of benzene rings is 1. The lowest BCUT2D eigenvalue weighted by molar-refractivity contribution is 0.362. The Morgan fingerprint density at radius 1 is 1.44 bits per heavy atom. The van der Waals surface area contributed by atoms with E-state index >= 15 is 0 Å². The standard InChI is InChI=1S/C12H18N2O3S/c1-17-12-5-3-2-4-11(12)14-18(15,16)9-7-10-6-8-13-10/h2-5,10,13-14H,6-9H2,1H3. The Bertz CT molecular complexity index is 498. The third-order valence-electron chi connectivity index (χ3n) is 3.03. The second-order valence-electron chi connectivity index (χ2n) is 4.35. The van der Waals surface area contributed by atoms with Crippen molar-refractivity contribution in [2.45, 2.75) is 18.9 Å². The smallest absolute Gasteiger partial charge is 0.232 e. The first kappa shape index (κ1) is 13.2. The van der Waals surface area contributed by atoms with Gasteiger partial charge in [-0.05, 0) is 31.5 Å². The number of hydrogen-bond acceptors (Lipinski definition) is 4. The van der Waals surface area contributed by atoms with Crippen molar-refractivity contribution in [3.63, 3.8) is 0 Å². The van der Waals surface area contributed by atoms with E-state index in [9.17, 15) is 8.42 Å². The zero-order valence-electron chi connectivity index (χ0n) is 10.3. The summed E-state index contributed by atoms with van der Waals surface area (Å²) in [4.78, 5) is 0. The van der Waals surface area contributed by atoms with Crippen LogP contribution < -0.4 is 14.8 Å². The largest absolute Gasteiger partial charge is 0.495 e. The Morgan fingerprint density at radius 3 is 2.78 bits per heavy atom. The summed E-state index contributed by atoms with van der Waals surface area (Å²) >= 11 is 0. The Hall–Kier alpha value is -1.27. The molecule has 0 spiro atoms. The van der Waals surface area contributed by atoms with E-state index in [0.29, 0.717) is 23.9 Å². The van der Waals surface area contributed by atoms with Crippen molar-refractivity contribution in [1.29, 1.82) is 0 Å². The Morgan fingerprint density at radius 2 is 2.17 bits per heavy atom. The highest BCUT2D eigenvalue weighted by Gasteiger charge is 2.20. The molecule has 0 bridgehead atoms. The van der Waals surface area contributed by atoms with E-state index in [1.807, 2.05) is 0 Å². The minimum Gasteiger partial charge on any atom is -0.495 e. The molecule has 1 heterocycles. The van der Waals surface area contributed by atoms with Crippen LogP contribution in [0.1, 0.15) is 12.8 Å². The van der Waals surface area contributed by atoms with Gasteiger partial charge in [-0.3, -0.25) is 4.72 Å². The molecule has 0 radical (unpaired) electrons. The molecule has 1 aliphatic rings. The molecule has 1 atom stereocenters. The van der Waals surface area contributed by atoms with Gasteiger partial charge in [-0.25, -0.2) is 8.42 Å². The number of rotatable bonds is 6. The van der Waals surface area contributed by atoms with Gasteiger partial charge in [0.15, 0.2) is 0 Å². The van der Waals surface area contributed by atoms with Crippen LogP contribution in [0.5, 0.6) is 5.75 Å². The molecule has 2 rings (SSSR count). The van der Waals surface area contributed by atoms with Crippen LogP contribution in [0.25, 0.3) is 0 Å². The van der Waals surface area contributed by atoms with Crippen molar-refractivity contribution in [1.82, 2.24) is 5.32 Å². The first-order chi connectivity index (χ1) is 8.61. The molecule has 1 aliphatic heterocycles. The van der Waals surface area contributed by atoms with Crippen LogP contribution in [-0.4, -0.2) is 33.9 Å². The van der Waals surface area contributed by atoms with Crippen LogP contribution in [0.3, 0.4) is 0 Å². The molecule has 1 fully saturated rings. The molecule has 1 unspecified atom stereocenters. The Labute approximate surface area is 108 Å². The summed E-state index contributed by atoms with van der Waals surface area (Å²) < 4.78 is 31.5. The van der Waals surface area contributed by atoms with Crippen molar-refractivity contribution in [3.8, 4) is 5.75 Å². The summed E-state index contributed by atoms with van der Waals surface area (Å²) in [7, 11) is -1.79. The molecule has 0 amide bonds. The van der Waals surface area contributed by atoms with E-state index in [1.165, 1.54) is 7.11 Å². The van der Waals surface area contributed by atoms with Gasteiger partial charge in [-0.1, -0.05) is 12.1 Å². The van der Waals surface area contributed by atoms with Crippen LogP contribution in [-0.2, 0) is 10.0 Å². The summed E-state index contributed by atoms with van der Waals surface area (Å²) in [6.07, 6.45) is 1.70. The lowest BCUT2D eigenvalue weighted by Gasteiger charge is -2.27. The summed E-state index contributed by atoms with van der Waals surface area (Å²) in [5.41, 5.74) is 0.488. The summed E-state index contributed by atoms with van der Waals surface area (Å²) in [5.74, 6) is 0.658. The lowest BCUT2D eigenvalue weighted by atomic mass is 10.1. The number of ether oxygens (including phenoxy) is 1. The van der Waals surface area contributed by atoms with Gasteiger partial charge in [0, 0.05) is 6.04 Å². The van der Waals surface area contributed by atoms with Gasteiger partial charge >= 0.3 is 0 Å². The SMILES string of the molecule is COc1ccccc1NS(=O)(=O)CCC1CCN1. The molecule has 1 aromatic rings. The van der Waals surface area contributed by atoms with Crippen molar-refractivity contribution in [2.24, 2.45) is 0 Å². The third-order valence-corrected chi connectivity index (χ3v) is 4.34. The molecule has 5 nitrogen and oxygen atoms in total. The topological polar surface area (TPSA) is 67.4 Å². The normalized spacial score (nSPS) is 19.1. The average molecular weight is 270 g/mol. The lowest BCUT2D eigenvalue weighted by Crippen LogP contribution is -2.44. The Kier molecular flexibility index (Phi) is 4.08. The fourth-order valence-corrected chi connectivity index (χ4v) is 3.04. The molecular formula is C12H18N2O3S. The number of sulfonamides is 1. The zero-order valence-corrected chi connectivity index (χ0v) is 11.2. The fourth-order valence-electron chi connectivity index (χ4n) is 1.84. The van der Waals surface area contributed by atoms with E-state index in [0.717, 1.165) is 13.0 Å². The van der Waals surface area contributed by atoms with Crippen molar-refractivity contribution < 1.29 is 13.2 Å². The molecule has 1 saturated heterocycles. The number of nitrogens with one attached hydrogen (secondary N) is 2. The van der Waals surface area contributed by atoms with Gasteiger partial charge in [0.2, 0.25) is 10.0 Å². The van der Waals surface area contributed by atoms with E-state index in [1.54, 1.807) is 24.3 Å². The van der Waals surface area contributed by atoms with Crippen LogP contribution in [0.2, 0.25) is 0 Å². The molecule has 0 aliphatic carbocycles. The number of para-hydroxylation sites is 2. The predicted octanol–water partition coefficient (Wildman–Crippen LogP) is 1.19. The van der Waals surface area contributed by atoms with E-state index in [2.05, 4.69) is 10.0 Å². The van der Waals surface area contributed by atoms with Crippen LogP contribution in [0.15, 0.2) is 24.3 Å². The summed E-state index contributed by atoms with van der Waals surface area (Å²) in [6.45, 7) is 0.991. The third kappa shape index (κ3) is 3.36. The zero-order chi connectivity index (χ0) is 13.0. The van der Waals surface area contributed by atoms with E-state index in [4.69, 9.17) is 4.74 Å². The Balaban J connectivity index is 1.97. The maximum absolute atomic E-state index is 11.9. The second-order valence-corrected chi connectivity index (χ2v) is 6.19. The number of hydrogen-bond donors (Lipinski definition) is 2. The van der Waals surface area contributed by atoms with Crippen LogP contribution in [0.4, 0.5) is 5.69 Å². The number of anilines is 1. The molecule has 0 aromatic heterocycles. The van der Waals surface area contributed by atoms with Crippen molar-refractivity contribution in [2.75, 3.05) is 24.1 Å². The first-order valence-corrected chi connectivity index (χ1v) is 7.63. The summed E-state index contributed by atoms with van der Waals surface area (Å²) in [6, 6.07) is 7.34. The molecule has 6 heteroatoms. The van der Waals surface area contributed by atoms with E-state index in [-0.39, 0.29) is 5.75 Å². The fraction of sp³-hybridized carbons (Fsp3) is 0.500. The average Bonchev–Trinajstić information content (AvgIpc) is 2.27. The summed E-state index contributed by atoms with van der Waals surface area (Å²) in [5, 5.41) is 3.19. The maximum Gasteiger partial charge on any atom is 0.232 e. The van der Waals surface area contributed by atoms with Gasteiger partial charge in [0.1, 0.15) is 5.75 Å². The quantitative estimate of drug-likeness (QED) is 0.815. The monoisotopic (exact) mass is 270 g/mol. The van der Waals surface area contributed by atoms with Gasteiger partial charge in [-0.15, -0.1) is 0 Å². The van der Waals surface area contributed by atoms with Crippen LogP contribution >= 0.6 is 0 Å². The minimum atomic E-state index is -3.31. The second kappa shape index (κ2) is 5.58. The molecule has 100 valence electrons. The van der Waals surface area contributed by atoms with Gasteiger partial charge in [0.25, 0.3) is 0 Å². The van der Waals surface area contributed by atoms with Crippen molar-refractivity contribution >= 4 is 15.7 Å². The highest BCUT2D eigenvalue weighted by Crippen LogP contribution is 2.24. The highest BCUT2D eigenvalue weighted by atomic mass is 32.2. The molecule has 1 aromatic carbocycles. The molecule has 2 N–H and O–H groups in total. The van der Waals surface area contributed by atoms with Gasteiger partial charge in [0.05, 0.1) is 18.6 Å². The minimum absolute atomic E-state index is 0.128. The van der Waals surface area contributed by atoms with Crippen LogP contribution in [0, 0.1) is 0 Å². The molecular weight excluding hydrogens is 252 g/mol. The van der Waals surface area contributed by atoms with Crippen molar-refractivity contribution in [3.05, 3.63) is 24.3 Å². The maximum atomic E-state index is 11.9.